The molecule has 0 bridgehead atoms. The zero-order valence-corrected chi connectivity index (χ0v) is 7.85. The van der Waals surface area contributed by atoms with Crippen LogP contribution in [0.2, 0.25) is 5.02 Å². The van der Waals surface area contributed by atoms with E-state index in [4.69, 9.17) is 11.6 Å². The summed E-state index contributed by atoms with van der Waals surface area (Å²) in [5.74, 6) is -0.119. The van der Waals surface area contributed by atoms with Crippen molar-refractivity contribution in [2.24, 2.45) is 0 Å². The fourth-order valence-corrected chi connectivity index (χ4v) is 1.67. The Kier molecular flexibility index (Phi) is 1.88. The topological polar surface area (TPSA) is 41.1 Å². The van der Waals surface area contributed by atoms with Crippen LogP contribution in [0.5, 0.6) is 0 Å². The first-order valence-corrected chi connectivity index (χ1v) is 4.42. The highest BCUT2D eigenvalue weighted by Crippen LogP contribution is 2.26. The van der Waals surface area contributed by atoms with Crippen molar-refractivity contribution in [1.29, 1.82) is 0 Å². The molecule has 0 radical (unpaired) electrons. The lowest BCUT2D eigenvalue weighted by molar-refractivity contribution is 0.0939. The van der Waals surface area contributed by atoms with Crippen LogP contribution in [-0.4, -0.2) is 12.1 Å². The van der Waals surface area contributed by atoms with Crippen LogP contribution in [0.1, 0.15) is 17.3 Å². The molecule has 4 heteroatoms. The molecule has 1 unspecified atom stereocenters. The number of anilines is 1. The van der Waals surface area contributed by atoms with E-state index in [0.29, 0.717) is 10.6 Å². The number of fused-ring (bicyclic) bond motifs is 1. The molecule has 13 heavy (non-hydrogen) atoms. The van der Waals surface area contributed by atoms with Gasteiger partial charge in [-0.05, 0) is 19.1 Å². The lowest BCUT2D eigenvalue weighted by atomic mass is 10.1. The molecular weight excluding hydrogens is 188 g/mol. The third kappa shape index (κ3) is 1.35. The van der Waals surface area contributed by atoms with Crippen molar-refractivity contribution in [3.8, 4) is 0 Å². The molecule has 1 aliphatic rings. The Morgan fingerprint density at radius 2 is 2.15 bits per heavy atom. The summed E-state index contributed by atoms with van der Waals surface area (Å²) in [7, 11) is 0. The third-order valence-corrected chi connectivity index (χ3v) is 2.28. The van der Waals surface area contributed by atoms with Gasteiger partial charge in [-0.25, -0.2) is 0 Å². The van der Waals surface area contributed by atoms with Crippen molar-refractivity contribution < 1.29 is 4.79 Å². The van der Waals surface area contributed by atoms with Gasteiger partial charge in [0.15, 0.2) is 0 Å². The van der Waals surface area contributed by atoms with Crippen LogP contribution in [-0.2, 0) is 0 Å². The number of benzene rings is 1. The van der Waals surface area contributed by atoms with Crippen LogP contribution in [0.3, 0.4) is 0 Å². The van der Waals surface area contributed by atoms with Gasteiger partial charge in [-0.1, -0.05) is 17.7 Å². The van der Waals surface area contributed by atoms with Crippen LogP contribution < -0.4 is 10.6 Å². The van der Waals surface area contributed by atoms with Gasteiger partial charge < -0.3 is 10.6 Å². The van der Waals surface area contributed by atoms with Crippen LogP contribution >= 0.6 is 11.6 Å². The van der Waals surface area contributed by atoms with Crippen molar-refractivity contribution in [1.82, 2.24) is 5.32 Å². The molecule has 1 aromatic rings. The van der Waals surface area contributed by atoms with Crippen molar-refractivity contribution in [3.63, 3.8) is 0 Å². The molecule has 1 atom stereocenters. The Bertz CT molecular complexity index is 365. The first-order valence-electron chi connectivity index (χ1n) is 4.04. The predicted molar refractivity (Wildman–Crippen MR) is 52.0 cm³/mol. The monoisotopic (exact) mass is 196 g/mol. The highest BCUT2D eigenvalue weighted by atomic mass is 35.5. The summed E-state index contributed by atoms with van der Waals surface area (Å²) in [6.07, 6.45) is -0.0431. The van der Waals surface area contributed by atoms with E-state index in [9.17, 15) is 4.79 Å². The zero-order chi connectivity index (χ0) is 9.42. The number of carbonyl (C=O) groups is 1. The molecule has 2 N–H and O–H groups in total. The molecule has 2 rings (SSSR count). The maximum atomic E-state index is 11.5. The maximum absolute atomic E-state index is 11.5. The maximum Gasteiger partial charge on any atom is 0.256 e. The quantitative estimate of drug-likeness (QED) is 0.665. The fourth-order valence-electron chi connectivity index (χ4n) is 1.41. The number of carbonyl (C=O) groups excluding carboxylic acids is 1. The number of rotatable bonds is 0. The molecule has 0 fully saturated rings. The Labute approximate surface area is 81.1 Å². The molecule has 3 nitrogen and oxygen atoms in total. The number of nitrogens with one attached hydrogen (secondary N) is 2. The summed E-state index contributed by atoms with van der Waals surface area (Å²) in [6.45, 7) is 1.88. The van der Waals surface area contributed by atoms with Crippen molar-refractivity contribution in [2.75, 3.05) is 5.32 Å². The van der Waals surface area contributed by atoms with Crippen LogP contribution in [0.25, 0.3) is 0 Å². The second-order valence-electron chi connectivity index (χ2n) is 3.00. The number of halogens is 1. The van der Waals surface area contributed by atoms with Crippen LogP contribution in [0.4, 0.5) is 5.69 Å². The van der Waals surface area contributed by atoms with Crippen molar-refractivity contribution >= 4 is 23.2 Å². The summed E-state index contributed by atoms with van der Waals surface area (Å²) < 4.78 is 0. The average molecular weight is 197 g/mol. The Hall–Kier alpha value is -1.22. The second kappa shape index (κ2) is 2.92. The molecule has 0 saturated heterocycles. The Morgan fingerprint density at radius 1 is 1.38 bits per heavy atom. The van der Waals surface area contributed by atoms with Gasteiger partial charge >= 0.3 is 0 Å². The summed E-state index contributed by atoms with van der Waals surface area (Å²) in [4.78, 5) is 11.5. The Morgan fingerprint density at radius 3 is 2.92 bits per heavy atom. The van der Waals surface area contributed by atoms with E-state index in [1.165, 1.54) is 0 Å². The van der Waals surface area contributed by atoms with Crippen molar-refractivity contribution in [3.05, 3.63) is 28.8 Å². The molecule has 0 aromatic heterocycles. The minimum absolute atomic E-state index is 0.0431. The molecule has 1 amide bonds. The number of amides is 1. The van der Waals surface area contributed by atoms with Gasteiger partial charge in [-0.15, -0.1) is 0 Å². The summed E-state index contributed by atoms with van der Waals surface area (Å²) in [5, 5.41) is 6.34. The van der Waals surface area contributed by atoms with Gasteiger partial charge in [-0.3, -0.25) is 4.79 Å². The van der Waals surface area contributed by atoms with Crippen molar-refractivity contribution in [2.45, 2.75) is 13.1 Å². The lowest BCUT2D eigenvalue weighted by Gasteiger charge is -2.25. The minimum Gasteiger partial charge on any atom is -0.365 e. The van der Waals surface area contributed by atoms with Gasteiger partial charge in [-0.2, -0.15) is 0 Å². The molecule has 0 saturated carbocycles. The molecule has 0 aliphatic carbocycles. The van der Waals surface area contributed by atoms with E-state index in [0.717, 1.165) is 5.69 Å². The van der Waals surface area contributed by atoms with Gasteiger partial charge in [0, 0.05) is 0 Å². The first kappa shape index (κ1) is 8.38. The standard InChI is InChI=1S/C9H9ClN2O/c1-5-11-7-4-2-3-6(10)8(7)9(13)12-5/h2-5,11H,1H3,(H,12,13). The molecule has 0 spiro atoms. The average Bonchev–Trinajstić information content (AvgIpc) is 2.02. The predicted octanol–water partition coefficient (Wildman–Crippen LogP) is 1.84. The molecule has 1 heterocycles. The summed E-state index contributed by atoms with van der Waals surface area (Å²) in [5.41, 5.74) is 1.33. The van der Waals surface area contributed by atoms with E-state index < -0.39 is 0 Å². The highest BCUT2D eigenvalue weighted by molar-refractivity contribution is 6.34. The van der Waals surface area contributed by atoms with E-state index in [1.807, 2.05) is 19.1 Å². The van der Waals surface area contributed by atoms with Gasteiger partial charge in [0.1, 0.15) is 0 Å². The molecule has 1 aliphatic heterocycles. The fraction of sp³-hybridized carbons (Fsp3) is 0.222. The summed E-state index contributed by atoms with van der Waals surface area (Å²) >= 11 is 5.88. The minimum atomic E-state index is -0.119. The van der Waals surface area contributed by atoms with Gasteiger partial charge in [0.2, 0.25) is 0 Å². The van der Waals surface area contributed by atoms with Crippen LogP contribution in [0, 0.1) is 0 Å². The molecule has 1 aromatic carbocycles. The number of hydrogen-bond donors (Lipinski definition) is 2. The van der Waals surface area contributed by atoms with Crippen LogP contribution in [0.15, 0.2) is 18.2 Å². The SMILES string of the molecule is CC1NC(=O)c2c(Cl)cccc2N1. The third-order valence-electron chi connectivity index (χ3n) is 1.96. The second-order valence-corrected chi connectivity index (χ2v) is 3.41. The van der Waals surface area contributed by atoms with E-state index in [2.05, 4.69) is 10.6 Å². The first-order chi connectivity index (χ1) is 6.18. The smallest absolute Gasteiger partial charge is 0.256 e. The molecule has 68 valence electrons. The molecular formula is C9H9ClN2O. The van der Waals surface area contributed by atoms with Gasteiger partial charge in [0.25, 0.3) is 5.91 Å². The van der Waals surface area contributed by atoms with Gasteiger partial charge in [0.05, 0.1) is 22.4 Å². The zero-order valence-electron chi connectivity index (χ0n) is 7.10. The van der Waals surface area contributed by atoms with E-state index in [-0.39, 0.29) is 12.1 Å². The largest absolute Gasteiger partial charge is 0.365 e. The van der Waals surface area contributed by atoms with E-state index >= 15 is 0 Å². The lowest BCUT2D eigenvalue weighted by Crippen LogP contribution is -2.42. The highest BCUT2D eigenvalue weighted by Gasteiger charge is 2.22. The normalized spacial score (nSPS) is 20.2. The Balaban J connectivity index is 2.55. The number of hydrogen-bond acceptors (Lipinski definition) is 2. The van der Waals surface area contributed by atoms with E-state index in [1.54, 1.807) is 6.07 Å². The summed E-state index contributed by atoms with van der Waals surface area (Å²) in [6, 6.07) is 5.37.